The summed E-state index contributed by atoms with van der Waals surface area (Å²) in [7, 11) is -3.54. The molecule has 2 amide bonds. The first-order chi connectivity index (χ1) is 37.3. The lowest BCUT2D eigenvalue weighted by molar-refractivity contribution is -0.118. The molecule has 5 aromatic rings. The van der Waals surface area contributed by atoms with Gasteiger partial charge in [0.25, 0.3) is 0 Å². The maximum Gasteiger partial charge on any atom is 0.463 e. The van der Waals surface area contributed by atoms with E-state index in [4.69, 9.17) is 27.1 Å². The van der Waals surface area contributed by atoms with Crippen LogP contribution in [0.15, 0.2) is 185 Å². The van der Waals surface area contributed by atoms with Crippen LogP contribution in [0, 0.1) is 0 Å². The molecule has 394 valence electrons. The van der Waals surface area contributed by atoms with Gasteiger partial charge in [0.05, 0.1) is 35.8 Å². The second kappa shape index (κ2) is 27.6. The molecular formula is C60H64N4O10P2. The molecule has 2 heterocycles. The quantitative estimate of drug-likeness (QED) is 0.0343. The summed E-state index contributed by atoms with van der Waals surface area (Å²) in [6.45, 7) is 4.08. The van der Waals surface area contributed by atoms with Crippen LogP contribution >= 0.6 is 17.2 Å². The number of carbonyl (C=O) groups excluding carboxylic acids is 3. The number of para-hydroxylation sites is 4. The molecule has 0 saturated carbocycles. The third kappa shape index (κ3) is 15.1. The molecule has 0 spiro atoms. The molecule has 4 aliphatic rings. The van der Waals surface area contributed by atoms with Crippen LogP contribution < -0.4 is 28.3 Å². The summed E-state index contributed by atoms with van der Waals surface area (Å²) < 4.78 is 36.3. The Morgan fingerprint density at radius 2 is 1.05 bits per heavy atom. The van der Waals surface area contributed by atoms with Crippen molar-refractivity contribution in [3.8, 4) is 23.0 Å². The minimum Gasteiger partial charge on any atom is -0.506 e. The Labute approximate surface area is 447 Å². The molecule has 16 heteroatoms. The van der Waals surface area contributed by atoms with Crippen LogP contribution in [0.25, 0.3) is 5.57 Å². The number of piperidine rings is 2. The van der Waals surface area contributed by atoms with Crippen LogP contribution in [-0.2, 0) is 23.4 Å². The Hall–Kier alpha value is -7.08. The number of nitrogens with one attached hydrogen (secondary N) is 1. The summed E-state index contributed by atoms with van der Waals surface area (Å²) >= 11 is 0. The minimum absolute atomic E-state index is 0.0789. The fraction of sp³-hybridized carbons (Fsp3) is 0.300. The van der Waals surface area contributed by atoms with E-state index in [1.807, 2.05) is 146 Å². The highest BCUT2D eigenvalue weighted by molar-refractivity contribution is 7.42. The summed E-state index contributed by atoms with van der Waals surface area (Å²) in [5.74, 6) is 1.28. The van der Waals surface area contributed by atoms with Gasteiger partial charge < -0.3 is 38.3 Å². The maximum absolute atomic E-state index is 14.5. The van der Waals surface area contributed by atoms with E-state index in [1.165, 1.54) is 0 Å². The number of aliphatic hydroxyl groups is 1. The van der Waals surface area contributed by atoms with Crippen molar-refractivity contribution >= 4 is 57.5 Å². The number of amides is 2. The highest BCUT2D eigenvalue weighted by Crippen LogP contribution is 2.45. The lowest BCUT2D eigenvalue weighted by Crippen LogP contribution is -2.31. The largest absolute Gasteiger partial charge is 0.506 e. The van der Waals surface area contributed by atoms with Gasteiger partial charge in [-0.3, -0.25) is 23.4 Å². The molecule has 2 N–H and O–H groups in total. The van der Waals surface area contributed by atoms with Gasteiger partial charge in [0.15, 0.2) is 0 Å². The Kier molecular flexibility index (Phi) is 19.5. The minimum atomic E-state index is -1.77. The smallest absolute Gasteiger partial charge is 0.463 e. The van der Waals surface area contributed by atoms with Crippen molar-refractivity contribution in [1.82, 2.24) is 4.90 Å². The fourth-order valence-corrected chi connectivity index (χ4v) is 11.2. The van der Waals surface area contributed by atoms with E-state index in [9.17, 15) is 19.5 Å². The Morgan fingerprint density at radius 1 is 0.566 bits per heavy atom. The first-order valence-electron chi connectivity index (χ1n) is 26.3. The first-order valence-corrected chi connectivity index (χ1v) is 28.5. The Bertz CT molecular complexity index is 2820. The van der Waals surface area contributed by atoms with Gasteiger partial charge in [-0.15, -0.1) is 0 Å². The number of carbonyl (C=O) groups is 3. The van der Waals surface area contributed by atoms with Crippen molar-refractivity contribution in [2.24, 2.45) is 4.99 Å². The monoisotopic (exact) mass is 1060 g/mol. The average molecular weight is 1060 g/mol. The zero-order chi connectivity index (χ0) is 52.3. The van der Waals surface area contributed by atoms with Crippen LogP contribution in [0.1, 0.15) is 82.6 Å². The summed E-state index contributed by atoms with van der Waals surface area (Å²) in [6, 6.07) is 43.0. The van der Waals surface area contributed by atoms with Crippen LogP contribution in [0.4, 0.5) is 11.4 Å². The molecule has 76 heavy (non-hydrogen) atoms. The number of ketones is 1. The molecule has 2 aliphatic carbocycles. The summed E-state index contributed by atoms with van der Waals surface area (Å²) in [4.78, 5) is 51.1. The van der Waals surface area contributed by atoms with Gasteiger partial charge in [-0.1, -0.05) is 72.8 Å². The topological polar surface area (TPSA) is 158 Å². The number of benzene rings is 5. The molecule has 0 atom stereocenters. The number of unbranched alkanes of at least 4 members (excludes halogenated alkanes) is 2. The molecule has 5 aromatic carbocycles. The van der Waals surface area contributed by atoms with E-state index in [0.29, 0.717) is 77.8 Å². The summed E-state index contributed by atoms with van der Waals surface area (Å²) in [6.07, 6.45) is 14.5. The fourth-order valence-electron chi connectivity index (χ4n) is 9.14. The standard InChI is InChI=1S/C60H64N4O10P2/c65-55(31-15-21-41-69-75(71-47-23-7-1-8-24-47)72-48-25-9-2-10-26-48)61-53-43-45(63-37-17-5-18-38-63)33-35-51(53)57-59(67)58(60(57)68)52-36-34-46(64-39-19-6-20-40-64)44-54(52)62-56(66)32-16-22-42-70-76(73-49-27-11-3-12-28-49)74-50-29-13-4-14-30-50/h1-4,7-14,23-30,33-36,43-44,67H,5-6,15-22,31-32,37-42H2,(H,61,65)/b58-52+,62-54?. The number of anilines is 2. The number of rotatable bonds is 24. The van der Waals surface area contributed by atoms with Crippen LogP contribution in [0.2, 0.25) is 0 Å². The molecule has 9 rings (SSSR count). The van der Waals surface area contributed by atoms with E-state index >= 15 is 0 Å². The van der Waals surface area contributed by atoms with E-state index in [-0.39, 0.29) is 48.2 Å². The van der Waals surface area contributed by atoms with E-state index in [1.54, 1.807) is 12.1 Å². The van der Waals surface area contributed by atoms with Crippen molar-refractivity contribution in [2.75, 3.05) is 49.6 Å². The van der Waals surface area contributed by atoms with Gasteiger partial charge in [0.1, 0.15) is 28.8 Å². The van der Waals surface area contributed by atoms with Crippen molar-refractivity contribution in [3.63, 3.8) is 0 Å². The third-order valence-electron chi connectivity index (χ3n) is 13.1. The molecule has 14 nitrogen and oxygen atoms in total. The zero-order valence-electron chi connectivity index (χ0n) is 42.6. The number of nitrogens with zero attached hydrogens (tertiary/aromatic N) is 3. The van der Waals surface area contributed by atoms with E-state index in [2.05, 4.69) is 20.1 Å². The maximum atomic E-state index is 14.5. The third-order valence-corrected chi connectivity index (χ3v) is 15.3. The molecule has 2 fully saturated rings. The van der Waals surface area contributed by atoms with Gasteiger partial charge >= 0.3 is 17.2 Å². The number of likely N-dealkylation sites (tertiary alicyclic amines) is 1. The van der Waals surface area contributed by atoms with Crippen LogP contribution in [0.3, 0.4) is 0 Å². The highest BCUT2D eigenvalue weighted by atomic mass is 31.2. The van der Waals surface area contributed by atoms with Gasteiger partial charge in [0, 0.05) is 61.5 Å². The molecule has 0 radical (unpaired) electrons. The second-order valence-corrected chi connectivity index (χ2v) is 20.8. The van der Waals surface area contributed by atoms with Crippen molar-refractivity contribution in [1.29, 1.82) is 0 Å². The normalized spacial score (nSPS) is 17.2. The van der Waals surface area contributed by atoms with Gasteiger partial charge in [-0.2, -0.15) is 0 Å². The number of allylic oxidation sites excluding steroid dienone is 6. The Morgan fingerprint density at radius 3 is 1.55 bits per heavy atom. The number of hydrogen-bond donors (Lipinski definition) is 2. The lowest BCUT2D eigenvalue weighted by atomic mass is 9.78. The SMILES string of the molecule is O=C(CCCCOP(Oc1ccccc1)Oc1ccccc1)N=C1C=C(N2CCCCC2)C=C/C1=C1\C(=O)C(c2ccc(N3CCCCC3)cc2NC(=O)CCCCOP(Oc2ccccc2)Oc2ccccc2)=C1O. The lowest BCUT2D eigenvalue weighted by Gasteiger charge is -2.32. The molecule has 0 bridgehead atoms. The highest BCUT2D eigenvalue weighted by Gasteiger charge is 2.40. The average Bonchev–Trinajstić information content (AvgIpc) is 3.48. The number of hydrogen-bond acceptors (Lipinski definition) is 12. The second-order valence-electron chi connectivity index (χ2n) is 18.7. The number of Topliss-reactive ketones (excluding diaryl/α,β-unsaturated/α-hetero) is 1. The summed E-state index contributed by atoms with van der Waals surface area (Å²) in [5, 5.41) is 15.0. The summed E-state index contributed by atoms with van der Waals surface area (Å²) in [5.41, 5.74) is 3.54. The number of aliphatic hydroxyl groups excluding tert-OH is 1. The zero-order valence-corrected chi connectivity index (χ0v) is 44.4. The van der Waals surface area contributed by atoms with Gasteiger partial charge in [-0.25, -0.2) is 4.99 Å². The predicted octanol–water partition coefficient (Wildman–Crippen LogP) is 13.8. The molecule has 0 unspecified atom stereocenters. The molecular weight excluding hydrogens is 999 g/mol. The molecule has 2 saturated heterocycles. The predicted molar refractivity (Wildman–Crippen MR) is 300 cm³/mol. The van der Waals surface area contributed by atoms with Crippen molar-refractivity contribution in [2.45, 2.75) is 77.0 Å². The first kappa shape index (κ1) is 53.7. The van der Waals surface area contributed by atoms with Crippen molar-refractivity contribution < 1.29 is 46.6 Å². The number of aliphatic imine (C=N–C) groups is 1. The van der Waals surface area contributed by atoms with Gasteiger partial charge in [0.2, 0.25) is 17.6 Å². The molecule has 2 aliphatic heterocycles. The van der Waals surface area contributed by atoms with Crippen molar-refractivity contribution in [3.05, 3.63) is 186 Å². The van der Waals surface area contributed by atoms with Crippen LogP contribution in [0.5, 0.6) is 23.0 Å². The van der Waals surface area contributed by atoms with Crippen LogP contribution in [-0.4, -0.2) is 72.7 Å². The van der Waals surface area contributed by atoms with E-state index in [0.717, 1.165) is 76.1 Å². The van der Waals surface area contributed by atoms with Gasteiger partial charge in [-0.05, 0) is 149 Å². The molecule has 0 aromatic heterocycles. The Balaban J connectivity index is 0.877. The van der Waals surface area contributed by atoms with E-state index < -0.39 is 23.0 Å².